The first-order valence-electron chi connectivity index (χ1n) is 7.03. The number of rotatable bonds is 4. The molecular weight excluding hydrogens is 252 g/mol. The van der Waals surface area contributed by atoms with E-state index in [1.54, 1.807) is 6.20 Å². The van der Waals surface area contributed by atoms with E-state index in [-0.39, 0.29) is 12.1 Å². The van der Waals surface area contributed by atoms with E-state index < -0.39 is 0 Å². The summed E-state index contributed by atoms with van der Waals surface area (Å²) in [6, 6.07) is 6.45. The average molecular weight is 272 g/mol. The van der Waals surface area contributed by atoms with Crippen molar-refractivity contribution in [2.45, 2.75) is 39.3 Å². The first-order valence-corrected chi connectivity index (χ1v) is 7.03. The summed E-state index contributed by atoms with van der Waals surface area (Å²) in [4.78, 5) is 4.24. The highest BCUT2D eigenvalue weighted by atomic mass is 16.5. The molecule has 2 heterocycles. The first-order chi connectivity index (χ1) is 9.61. The molecule has 20 heavy (non-hydrogen) atoms. The van der Waals surface area contributed by atoms with Gasteiger partial charge < -0.3 is 14.5 Å². The summed E-state index contributed by atoms with van der Waals surface area (Å²) in [5, 5.41) is 3.42. The van der Waals surface area contributed by atoms with Gasteiger partial charge in [0.05, 0.1) is 12.2 Å². The standard InChI is InChI=1S/C16H20N2O2/c1-10-4-5-15-13(6-10)7-14(20-15)9-17-12(3)16-18-8-11(2)19-16/h4-6,8,12,14,17H,7,9H2,1-3H3. The molecule has 4 nitrogen and oxygen atoms in total. The molecule has 1 aliphatic rings. The van der Waals surface area contributed by atoms with E-state index in [0.717, 1.165) is 30.4 Å². The van der Waals surface area contributed by atoms with Crippen molar-refractivity contribution >= 4 is 0 Å². The van der Waals surface area contributed by atoms with Crippen molar-refractivity contribution in [1.29, 1.82) is 0 Å². The molecule has 2 unspecified atom stereocenters. The Kier molecular flexibility index (Phi) is 3.49. The van der Waals surface area contributed by atoms with Crippen LogP contribution < -0.4 is 10.1 Å². The van der Waals surface area contributed by atoms with E-state index in [1.807, 2.05) is 6.92 Å². The largest absolute Gasteiger partial charge is 0.488 e. The first kappa shape index (κ1) is 13.2. The molecule has 2 atom stereocenters. The number of ether oxygens (including phenoxy) is 1. The molecule has 106 valence electrons. The fourth-order valence-electron chi connectivity index (χ4n) is 2.53. The Morgan fingerprint density at radius 1 is 1.40 bits per heavy atom. The molecular formula is C16H20N2O2. The molecule has 1 aromatic heterocycles. The Hall–Kier alpha value is -1.81. The summed E-state index contributed by atoms with van der Waals surface area (Å²) in [5.41, 5.74) is 2.58. The molecule has 4 heteroatoms. The van der Waals surface area contributed by atoms with Gasteiger partial charge in [-0.3, -0.25) is 0 Å². The third-order valence-corrected chi connectivity index (χ3v) is 3.62. The minimum Gasteiger partial charge on any atom is -0.488 e. The summed E-state index contributed by atoms with van der Waals surface area (Å²) < 4.78 is 11.5. The third-order valence-electron chi connectivity index (χ3n) is 3.62. The molecule has 1 aliphatic heterocycles. The van der Waals surface area contributed by atoms with Gasteiger partial charge >= 0.3 is 0 Å². The van der Waals surface area contributed by atoms with Gasteiger partial charge in [-0.1, -0.05) is 17.7 Å². The number of hydrogen-bond acceptors (Lipinski definition) is 4. The topological polar surface area (TPSA) is 47.3 Å². The second-order valence-electron chi connectivity index (χ2n) is 5.49. The number of fused-ring (bicyclic) bond motifs is 1. The summed E-state index contributed by atoms with van der Waals surface area (Å²) in [7, 11) is 0. The van der Waals surface area contributed by atoms with Gasteiger partial charge in [0.15, 0.2) is 0 Å². The fourth-order valence-corrected chi connectivity index (χ4v) is 2.53. The lowest BCUT2D eigenvalue weighted by atomic mass is 10.1. The second-order valence-corrected chi connectivity index (χ2v) is 5.49. The van der Waals surface area contributed by atoms with Crippen LogP contribution in [0.15, 0.2) is 28.8 Å². The Bertz CT molecular complexity index is 606. The predicted octanol–water partition coefficient (Wildman–Crippen LogP) is 2.95. The normalized spacial score (nSPS) is 18.6. The number of hydrogen-bond donors (Lipinski definition) is 1. The lowest BCUT2D eigenvalue weighted by Crippen LogP contribution is -2.32. The van der Waals surface area contributed by atoms with E-state index in [4.69, 9.17) is 9.15 Å². The van der Waals surface area contributed by atoms with Gasteiger partial charge in [0, 0.05) is 13.0 Å². The minimum atomic E-state index is 0.0951. The van der Waals surface area contributed by atoms with E-state index in [2.05, 4.69) is 42.3 Å². The van der Waals surface area contributed by atoms with Crippen LogP contribution in [0.4, 0.5) is 0 Å². The number of aromatic nitrogens is 1. The van der Waals surface area contributed by atoms with Gasteiger partial charge in [-0.15, -0.1) is 0 Å². The van der Waals surface area contributed by atoms with Crippen LogP contribution in [-0.4, -0.2) is 17.6 Å². The molecule has 0 spiro atoms. The zero-order valence-corrected chi connectivity index (χ0v) is 12.1. The molecule has 0 radical (unpaired) electrons. The highest BCUT2D eigenvalue weighted by molar-refractivity contribution is 5.40. The van der Waals surface area contributed by atoms with E-state index >= 15 is 0 Å². The summed E-state index contributed by atoms with van der Waals surface area (Å²) in [6.07, 6.45) is 2.89. The maximum Gasteiger partial charge on any atom is 0.211 e. The Morgan fingerprint density at radius 3 is 3.00 bits per heavy atom. The SMILES string of the molecule is Cc1ccc2c(c1)CC(CNC(C)c1ncc(C)o1)O2. The van der Waals surface area contributed by atoms with E-state index in [9.17, 15) is 0 Å². The Labute approximate surface area is 119 Å². The number of nitrogens with one attached hydrogen (secondary N) is 1. The fraction of sp³-hybridized carbons (Fsp3) is 0.438. The van der Waals surface area contributed by atoms with Crippen LogP contribution in [-0.2, 0) is 6.42 Å². The number of aryl methyl sites for hydroxylation is 2. The molecule has 0 saturated heterocycles. The van der Waals surface area contributed by atoms with Crippen LogP contribution in [0.5, 0.6) is 5.75 Å². The monoisotopic (exact) mass is 272 g/mol. The maximum atomic E-state index is 5.94. The van der Waals surface area contributed by atoms with Crippen molar-refractivity contribution in [2.24, 2.45) is 0 Å². The van der Waals surface area contributed by atoms with Crippen LogP contribution >= 0.6 is 0 Å². The maximum absolute atomic E-state index is 5.94. The van der Waals surface area contributed by atoms with Gasteiger partial charge in [0.2, 0.25) is 5.89 Å². The summed E-state index contributed by atoms with van der Waals surface area (Å²) in [6.45, 7) is 6.86. The molecule has 0 aliphatic carbocycles. The Balaban J connectivity index is 1.56. The van der Waals surface area contributed by atoms with Crippen LogP contribution in [0, 0.1) is 13.8 Å². The van der Waals surface area contributed by atoms with Crippen LogP contribution in [0.25, 0.3) is 0 Å². The number of oxazole rings is 1. The van der Waals surface area contributed by atoms with Gasteiger partial charge in [-0.05, 0) is 32.4 Å². The van der Waals surface area contributed by atoms with Crippen molar-refractivity contribution in [2.75, 3.05) is 6.54 Å². The quantitative estimate of drug-likeness (QED) is 0.929. The molecule has 0 amide bonds. The smallest absolute Gasteiger partial charge is 0.211 e. The van der Waals surface area contributed by atoms with Crippen molar-refractivity contribution in [3.63, 3.8) is 0 Å². The van der Waals surface area contributed by atoms with E-state index in [0.29, 0.717) is 0 Å². The van der Waals surface area contributed by atoms with Crippen molar-refractivity contribution in [3.05, 3.63) is 47.2 Å². The van der Waals surface area contributed by atoms with E-state index in [1.165, 1.54) is 11.1 Å². The zero-order chi connectivity index (χ0) is 14.1. The van der Waals surface area contributed by atoms with Crippen LogP contribution in [0.2, 0.25) is 0 Å². The molecule has 1 aromatic carbocycles. The molecule has 1 N–H and O–H groups in total. The number of benzene rings is 1. The third kappa shape index (κ3) is 2.70. The van der Waals surface area contributed by atoms with Crippen molar-refractivity contribution in [3.8, 4) is 5.75 Å². The highest BCUT2D eigenvalue weighted by Crippen LogP contribution is 2.29. The number of nitrogens with zero attached hydrogens (tertiary/aromatic N) is 1. The molecule has 2 aromatic rings. The van der Waals surface area contributed by atoms with Crippen LogP contribution in [0.3, 0.4) is 0 Å². The van der Waals surface area contributed by atoms with Gasteiger partial charge in [0.25, 0.3) is 0 Å². The van der Waals surface area contributed by atoms with Crippen molar-refractivity contribution < 1.29 is 9.15 Å². The zero-order valence-electron chi connectivity index (χ0n) is 12.1. The molecule has 0 fully saturated rings. The second kappa shape index (κ2) is 5.29. The summed E-state index contributed by atoms with van der Waals surface area (Å²) >= 11 is 0. The predicted molar refractivity (Wildman–Crippen MR) is 77.0 cm³/mol. The molecule has 0 bridgehead atoms. The van der Waals surface area contributed by atoms with Gasteiger partial charge in [-0.25, -0.2) is 4.98 Å². The Morgan fingerprint density at radius 2 is 2.25 bits per heavy atom. The highest BCUT2D eigenvalue weighted by Gasteiger charge is 2.23. The van der Waals surface area contributed by atoms with Gasteiger partial charge in [-0.2, -0.15) is 0 Å². The van der Waals surface area contributed by atoms with Crippen LogP contribution in [0.1, 0.15) is 35.7 Å². The van der Waals surface area contributed by atoms with Gasteiger partial charge in [0.1, 0.15) is 17.6 Å². The molecule has 0 saturated carbocycles. The lowest BCUT2D eigenvalue weighted by molar-refractivity contribution is 0.219. The molecule has 3 rings (SSSR count). The average Bonchev–Trinajstić information content (AvgIpc) is 3.01. The lowest BCUT2D eigenvalue weighted by Gasteiger charge is -2.15. The minimum absolute atomic E-state index is 0.0951. The summed E-state index contributed by atoms with van der Waals surface area (Å²) in [5.74, 6) is 2.59. The van der Waals surface area contributed by atoms with Crippen molar-refractivity contribution in [1.82, 2.24) is 10.3 Å².